The van der Waals surface area contributed by atoms with Gasteiger partial charge in [0.25, 0.3) is 0 Å². The second kappa shape index (κ2) is 5.84. The highest BCUT2D eigenvalue weighted by Crippen LogP contribution is 2.38. The molecule has 19 heavy (non-hydrogen) atoms. The van der Waals surface area contributed by atoms with Gasteiger partial charge in [-0.1, -0.05) is 11.6 Å². The number of hydrogen-bond acceptors (Lipinski definition) is 4. The lowest BCUT2D eigenvalue weighted by Gasteiger charge is -2.14. The Labute approximate surface area is 116 Å². The number of ether oxygens (including phenoxy) is 3. The zero-order valence-electron chi connectivity index (χ0n) is 11.0. The molecular weight excluding hydrogens is 268 g/mol. The van der Waals surface area contributed by atoms with Gasteiger partial charge in [0.2, 0.25) is 5.75 Å². The van der Waals surface area contributed by atoms with Crippen LogP contribution in [0, 0.1) is 0 Å². The van der Waals surface area contributed by atoms with E-state index < -0.39 is 0 Å². The van der Waals surface area contributed by atoms with E-state index >= 15 is 0 Å². The van der Waals surface area contributed by atoms with Crippen LogP contribution in [0.2, 0.25) is 5.02 Å². The van der Waals surface area contributed by atoms with Gasteiger partial charge in [-0.05, 0) is 17.7 Å². The molecule has 0 spiro atoms. The number of aromatic nitrogens is 2. The third kappa shape index (κ3) is 2.93. The molecular formula is C13H15ClN2O3. The maximum Gasteiger partial charge on any atom is 0.203 e. The first-order valence-corrected chi connectivity index (χ1v) is 6.02. The first kappa shape index (κ1) is 13.5. The van der Waals surface area contributed by atoms with Crippen LogP contribution in [0.3, 0.4) is 0 Å². The topological polar surface area (TPSA) is 45.5 Å². The summed E-state index contributed by atoms with van der Waals surface area (Å²) in [6.45, 7) is 0.573. The molecule has 1 aromatic heterocycles. The normalized spacial score (nSPS) is 10.3. The molecule has 0 bridgehead atoms. The van der Waals surface area contributed by atoms with Crippen molar-refractivity contribution in [2.75, 3.05) is 21.3 Å². The average molecular weight is 283 g/mol. The molecule has 0 atom stereocenters. The number of rotatable bonds is 5. The number of hydrogen-bond donors (Lipinski definition) is 0. The van der Waals surface area contributed by atoms with E-state index in [4.69, 9.17) is 25.8 Å². The van der Waals surface area contributed by atoms with E-state index in [1.54, 1.807) is 38.4 Å². The van der Waals surface area contributed by atoms with Gasteiger partial charge in [-0.2, -0.15) is 5.10 Å². The fraction of sp³-hybridized carbons (Fsp3) is 0.308. The molecule has 5 nitrogen and oxygen atoms in total. The van der Waals surface area contributed by atoms with Crippen molar-refractivity contribution >= 4 is 11.6 Å². The van der Waals surface area contributed by atoms with Crippen molar-refractivity contribution in [3.63, 3.8) is 0 Å². The molecule has 0 aliphatic rings. The van der Waals surface area contributed by atoms with Gasteiger partial charge >= 0.3 is 0 Å². The van der Waals surface area contributed by atoms with Gasteiger partial charge in [0.15, 0.2) is 11.5 Å². The summed E-state index contributed by atoms with van der Waals surface area (Å²) in [5.74, 6) is 1.82. The summed E-state index contributed by atoms with van der Waals surface area (Å²) in [6, 6.07) is 3.77. The predicted molar refractivity (Wildman–Crippen MR) is 72.4 cm³/mol. The standard InChI is InChI=1S/C13H15ClN2O3/c1-17-11-4-9(5-12(18-2)13(11)19-3)7-16-8-10(14)6-15-16/h4-6,8H,7H2,1-3H3. The van der Waals surface area contributed by atoms with E-state index in [2.05, 4.69) is 5.10 Å². The van der Waals surface area contributed by atoms with Crippen LogP contribution in [0.25, 0.3) is 0 Å². The van der Waals surface area contributed by atoms with Gasteiger partial charge in [0.05, 0.1) is 39.1 Å². The molecule has 0 N–H and O–H groups in total. The smallest absolute Gasteiger partial charge is 0.203 e. The van der Waals surface area contributed by atoms with Crippen molar-refractivity contribution in [3.05, 3.63) is 35.1 Å². The minimum absolute atomic E-state index is 0.573. The SMILES string of the molecule is COc1cc(Cn2cc(Cl)cn2)cc(OC)c1OC. The number of halogens is 1. The largest absolute Gasteiger partial charge is 0.493 e. The Balaban J connectivity index is 2.35. The van der Waals surface area contributed by atoms with Crippen LogP contribution in [-0.4, -0.2) is 31.1 Å². The maximum absolute atomic E-state index is 5.84. The van der Waals surface area contributed by atoms with Crippen LogP contribution in [0.4, 0.5) is 0 Å². The zero-order chi connectivity index (χ0) is 13.8. The Morgan fingerprint density at radius 2 is 1.74 bits per heavy atom. The van der Waals surface area contributed by atoms with E-state index in [0.717, 1.165) is 5.56 Å². The molecule has 102 valence electrons. The van der Waals surface area contributed by atoms with Gasteiger partial charge < -0.3 is 14.2 Å². The van der Waals surface area contributed by atoms with E-state index in [9.17, 15) is 0 Å². The fourth-order valence-electron chi connectivity index (χ4n) is 1.84. The number of methoxy groups -OCH3 is 3. The Morgan fingerprint density at radius 3 is 2.16 bits per heavy atom. The molecule has 2 aromatic rings. The van der Waals surface area contributed by atoms with E-state index in [-0.39, 0.29) is 0 Å². The van der Waals surface area contributed by atoms with Crippen LogP contribution < -0.4 is 14.2 Å². The van der Waals surface area contributed by atoms with E-state index in [1.807, 2.05) is 12.1 Å². The van der Waals surface area contributed by atoms with Crippen LogP contribution in [0.1, 0.15) is 5.56 Å². The second-order valence-corrected chi connectivity index (χ2v) is 4.33. The lowest BCUT2D eigenvalue weighted by molar-refractivity contribution is 0.323. The highest BCUT2D eigenvalue weighted by atomic mass is 35.5. The maximum atomic E-state index is 5.84. The van der Waals surface area contributed by atoms with Crippen molar-refractivity contribution in [2.45, 2.75) is 6.54 Å². The van der Waals surface area contributed by atoms with E-state index in [1.165, 1.54) is 0 Å². The third-order valence-corrected chi connectivity index (χ3v) is 2.87. The molecule has 0 saturated heterocycles. The summed E-state index contributed by atoms with van der Waals surface area (Å²) in [6.07, 6.45) is 3.35. The summed E-state index contributed by atoms with van der Waals surface area (Å²) in [5, 5.41) is 4.74. The van der Waals surface area contributed by atoms with Crippen molar-refractivity contribution in [1.29, 1.82) is 0 Å². The molecule has 0 aliphatic heterocycles. The number of benzene rings is 1. The third-order valence-electron chi connectivity index (χ3n) is 2.67. The lowest BCUT2D eigenvalue weighted by Crippen LogP contribution is -2.02. The first-order valence-electron chi connectivity index (χ1n) is 5.64. The van der Waals surface area contributed by atoms with E-state index in [0.29, 0.717) is 28.8 Å². The molecule has 1 heterocycles. The zero-order valence-corrected chi connectivity index (χ0v) is 11.8. The highest BCUT2D eigenvalue weighted by molar-refractivity contribution is 6.30. The van der Waals surface area contributed by atoms with Crippen molar-refractivity contribution < 1.29 is 14.2 Å². The average Bonchev–Trinajstić information content (AvgIpc) is 2.82. The first-order chi connectivity index (χ1) is 9.17. The summed E-state index contributed by atoms with van der Waals surface area (Å²) in [4.78, 5) is 0. The van der Waals surface area contributed by atoms with Gasteiger partial charge in [-0.25, -0.2) is 0 Å². The van der Waals surface area contributed by atoms with Gasteiger partial charge in [-0.15, -0.1) is 0 Å². The Morgan fingerprint density at radius 1 is 1.11 bits per heavy atom. The van der Waals surface area contributed by atoms with Crippen LogP contribution >= 0.6 is 11.6 Å². The summed E-state index contributed by atoms with van der Waals surface area (Å²) in [5.41, 5.74) is 0.981. The summed E-state index contributed by atoms with van der Waals surface area (Å²) >= 11 is 5.84. The Kier molecular flexibility index (Phi) is 4.16. The Hall–Kier alpha value is -1.88. The highest BCUT2D eigenvalue weighted by Gasteiger charge is 2.13. The molecule has 0 saturated carbocycles. The minimum Gasteiger partial charge on any atom is -0.493 e. The second-order valence-electron chi connectivity index (χ2n) is 3.89. The summed E-state index contributed by atoms with van der Waals surface area (Å²) in [7, 11) is 4.75. The molecule has 6 heteroatoms. The fourth-order valence-corrected chi connectivity index (χ4v) is 1.99. The van der Waals surface area contributed by atoms with Crippen molar-refractivity contribution in [1.82, 2.24) is 9.78 Å². The molecule has 0 fully saturated rings. The van der Waals surface area contributed by atoms with Crippen LogP contribution in [0.15, 0.2) is 24.5 Å². The minimum atomic E-state index is 0.573. The van der Waals surface area contributed by atoms with Crippen LogP contribution in [-0.2, 0) is 6.54 Å². The molecule has 0 radical (unpaired) electrons. The summed E-state index contributed by atoms with van der Waals surface area (Å²) < 4.78 is 17.6. The van der Waals surface area contributed by atoms with Gasteiger partial charge in [-0.3, -0.25) is 4.68 Å². The lowest BCUT2D eigenvalue weighted by atomic mass is 10.2. The number of nitrogens with zero attached hydrogens (tertiary/aromatic N) is 2. The predicted octanol–water partition coefficient (Wildman–Crippen LogP) is 2.61. The monoisotopic (exact) mass is 282 g/mol. The Bertz CT molecular complexity index is 544. The van der Waals surface area contributed by atoms with Crippen molar-refractivity contribution in [3.8, 4) is 17.2 Å². The van der Waals surface area contributed by atoms with Gasteiger partial charge in [0, 0.05) is 6.20 Å². The molecule has 0 unspecified atom stereocenters. The van der Waals surface area contributed by atoms with Gasteiger partial charge in [0.1, 0.15) is 0 Å². The van der Waals surface area contributed by atoms with Crippen molar-refractivity contribution in [2.24, 2.45) is 0 Å². The molecule has 2 rings (SSSR count). The molecule has 1 aromatic carbocycles. The molecule has 0 aliphatic carbocycles. The van der Waals surface area contributed by atoms with Crippen LogP contribution in [0.5, 0.6) is 17.2 Å². The molecule has 0 amide bonds. The quantitative estimate of drug-likeness (QED) is 0.846.